The zero-order valence-corrected chi connectivity index (χ0v) is 14.3. The molecule has 0 atom stereocenters. The fraction of sp³-hybridized carbons (Fsp3) is 0.471. The minimum Gasteiger partial charge on any atom is -0.309 e. The van der Waals surface area contributed by atoms with Crippen LogP contribution in [0.2, 0.25) is 0 Å². The Morgan fingerprint density at radius 3 is 2.80 bits per heavy atom. The van der Waals surface area contributed by atoms with Crippen molar-refractivity contribution in [3.05, 3.63) is 39.4 Å². The molecule has 1 fully saturated rings. The summed E-state index contributed by atoms with van der Waals surface area (Å²) in [7, 11) is 0. The van der Waals surface area contributed by atoms with Gasteiger partial charge in [0.25, 0.3) is 5.56 Å². The SMILES string of the molecule is Cc1nn(CC(=O)Nc2ccnn2C2CCCC2)c(=O)c(C#N)c1C. The van der Waals surface area contributed by atoms with E-state index in [1.54, 1.807) is 26.1 Å². The summed E-state index contributed by atoms with van der Waals surface area (Å²) in [4.78, 5) is 24.6. The van der Waals surface area contributed by atoms with E-state index in [1.807, 2.05) is 10.8 Å². The van der Waals surface area contributed by atoms with Crippen molar-refractivity contribution in [1.29, 1.82) is 5.26 Å². The van der Waals surface area contributed by atoms with Gasteiger partial charge in [0.1, 0.15) is 24.0 Å². The van der Waals surface area contributed by atoms with Gasteiger partial charge in [-0.25, -0.2) is 9.36 Å². The van der Waals surface area contributed by atoms with Crippen LogP contribution in [0.3, 0.4) is 0 Å². The molecule has 3 rings (SSSR count). The summed E-state index contributed by atoms with van der Waals surface area (Å²) >= 11 is 0. The topological polar surface area (TPSA) is 106 Å². The lowest BCUT2D eigenvalue weighted by Gasteiger charge is -2.15. The highest BCUT2D eigenvalue weighted by Crippen LogP contribution is 2.31. The van der Waals surface area contributed by atoms with Crippen LogP contribution in [0.4, 0.5) is 5.82 Å². The largest absolute Gasteiger partial charge is 0.309 e. The molecule has 2 heterocycles. The van der Waals surface area contributed by atoms with Crippen molar-refractivity contribution < 1.29 is 4.79 Å². The average molecular weight is 340 g/mol. The van der Waals surface area contributed by atoms with Gasteiger partial charge in [-0.1, -0.05) is 12.8 Å². The number of nitriles is 1. The Morgan fingerprint density at radius 2 is 2.12 bits per heavy atom. The number of nitrogens with one attached hydrogen (secondary N) is 1. The maximum absolute atomic E-state index is 12.4. The smallest absolute Gasteiger partial charge is 0.285 e. The zero-order chi connectivity index (χ0) is 18.0. The van der Waals surface area contributed by atoms with E-state index in [0.717, 1.165) is 30.4 Å². The van der Waals surface area contributed by atoms with Crippen LogP contribution in [-0.4, -0.2) is 25.5 Å². The van der Waals surface area contributed by atoms with Crippen LogP contribution in [0.15, 0.2) is 17.1 Å². The second kappa shape index (κ2) is 6.89. The molecule has 0 spiro atoms. The Hall–Kier alpha value is -2.95. The van der Waals surface area contributed by atoms with Gasteiger partial charge in [-0.05, 0) is 32.3 Å². The third-order valence-electron chi connectivity index (χ3n) is 4.65. The molecular formula is C17H20N6O2. The number of rotatable bonds is 4. The van der Waals surface area contributed by atoms with Crippen LogP contribution >= 0.6 is 0 Å². The third-order valence-corrected chi connectivity index (χ3v) is 4.65. The summed E-state index contributed by atoms with van der Waals surface area (Å²) in [6, 6.07) is 3.94. The highest BCUT2D eigenvalue weighted by Gasteiger charge is 2.21. The molecule has 1 saturated carbocycles. The Balaban J connectivity index is 1.78. The highest BCUT2D eigenvalue weighted by molar-refractivity contribution is 5.89. The Kier molecular flexibility index (Phi) is 4.65. The van der Waals surface area contributed by atoms with E-state index in [2.05, 4.69) is 15.5 Å². The van der Waals surface area contributed by atoms with Crippen molar-refractivity contribution in [2.45, 2.75) is 52.1 Å². The van der Waals surface area contributed by atoms with Crippen molar-refractivity contribution >= 4 is 11.7 Å². The number of carbonyl (C=O) groups is 1. The molecule has 1 amide bonds. The van der Waals surface area contributed by atoms with Crippen LogP contribution in [0.1, 0.15) is 48.5 Å². The van der Waals surface area contributed by atoms with Gasteiger partial charge >= 0.3 is 0 Å². The zero-order valence-electron chi connectivity index (χ0n) is 14.3. The lowest BCUT2D eigenvalue weighted by atomic mass is 10.1. The molecule has 2 aromatic heterocycles. The number of nitrogens with zero attached hydrogens (tertiary/aromatic N) is 5. The standard InChI is InChI=1S/C17H20N6O2/c1-11-12(2)21-22(17(25)14(11)9-18)10-16(24)20-15-7-8-19-23(15)13-5-3-4-6-13/h7-8,13H,3-6,10H2,1-2H3,(H,20,24). The second-order valence-corrected chi connectivity index (χ2v) is 6.31. The molecule has 1 aliphatic rings. The predicted molar refractivity (Wildman–Crippen MR) is 91.0 cm³/mol. The first-order valence-electron chi connectivity index (χ1n) is 8.33. The summed E-state index contributed by atoms with van der Waals surface area (Å²) in [5.74, 6) is 0.246. The number of amides is 1. The summed E-state index contributed by atoms with van der Waals surface area (Å²) < 4.78 is 2.87. The van der Waals surface area contributed by atoms with Crippen molar-refractivity contribution in [1.82, 2.24) is 19.6 Å². The van der Waals surface area contributed by atoms with Crippen molar-refractivity contribution in [2.75, 3.05) is 5.32 Å². The van der Waals surface area contributed by atoms with Crippen LogP contribution in [0, 0.1) is 25.2 Å². The molecule has 25 heavy (non-hydrogen) atoms. The number of aromatic nitrogens is 4. The summed E-state index contributed by atoms with van der Waals surface area (Å²) in [6.07, 6.45) is 6.08. The summed E-state index contributed by atoms with van der Waals surface area (Å²) in [5.41, 5.74) is 0.574. The van der Waals surface area contributed by atoms with Crippen LogP contribution in [0.25, 0.3) is 0 Å². The molecule has 0 bridgehead atoms. The molecule has 130 valence electrons. The van der Waals surface area contributed by atoms with Gasteiger partial charge < -0.3 is 5.32 Å². The average Bonchev–Trinajstić information content (AvgIpc) is 3.24. The van der Waals surface area contributed by atoms with Crippen LogP contribution < -0.4 is 10.9 Å². The van der Waals surface area contributed by atoms with Gasteiger partial charge in [-0.2, -0.15) is 15.5 Å². The first kappa shape index (κ1) is 16.9. The quantitative estimate of drug-likeness (QED) is 0.911. The van der Waals surface area contributed by atoms with Crippen molar-refractivity contribution in [2.24, 2.45) is 0 Å². The van der Waals surface area contributed by atoms with E-state index < -0.39 is 5.56 Å². The fourth-order valence-electron chi connectivity index (χ4n) is 3.18. The minimum atomic E-state index is -0.551. The van der Waals surface area contributed by atoms with Gasteiger partial charge in [0.15, 0.2) is 0 Å². The predicted octanol–water partition coefficient (Wildman–Crippen LogP) is 1.68. The van der Waals surface area contributed by atoms with Crippen LogP contribution in [-0.2, 0) is 11.3 Å². The van der Waals surface area contributed by atoms with E-state index in [-0.39, 0.29) is 18.0 Å². The molecular weight excluding hydrogens is 320 g/mol. The van der Waals surface area contributed by atoms with E-state index >= 15 is 0 Å². The van der Waals surface area contributed by atoms with Crippen LogP contribution in [0.5, 0.6) is 0 Å². The molecule has 2 aromatic rings. The summed E-state index contributed by atoms with van der Waals surface area (Å²) in [6.45, 7) is 3.14. The number of aryl methyl sites for hydroxylation is 1. The highest BCUT2D eigenvalue weighted by atomic mass is 16.2. The van der Waals surface area contributed by atoms with Gasteiger partial charge in [0.05, 0.1) is 17.9 Å². The van der Waals surface area contributed by atoms with E-state index in [4.69, 9.17) is 5.26 Å². The Morgan fingerprint density at radius 1 is 1.40 bits per heavy atom. The molecule has 0 unspecified atom stereocenters. The number of carbonyl (C=O) groups excluding carboxylic acids is 1. The maximum atomic E-state index is 12.4. The first-order chi connectivity index (χ1) is 12.0. The number of anilines is 1. The molecule has 1 aliphatic carbocycles. The van der Waals surface area contributed by atoms with Gasteiger partial charge in [-0.15, -0.1) is 0 Å². The number of hydrogen-bond donors (Lipinski definition) is 1. The maximum Gasteiger partial charge on any atom is 0.285 e. The molecule has 0 saturated heterocycles. The first-order valence-corrected chi connectivity index (χ1v) is 8.33. The molecule has 1 N–H and O–H groups in total. The Bertz CT molecular complexity index is 899. The second-order valence-electron chi connectivity index (χ2n) is 6.31. The third kappa shape index (κ3) is 3.31. The monoisotopic (exact) mass is 340 g/mol. The lowest BCUT2D eigenvalue weighted by Crippen LogP contribution is -2.33. The van der Waals surface area contributed by atoms with Gasteiger partial charge in [0.2, 0.25) is 5.91 Å². The molecule has 8 nitrogen and oxygen atoms in total. The molecule has 0 aromatic carbocycles. The van der Waals surface area contributed by atoms with Crippen molar-refractivity contribution in [3.63, 3.8) is 0 Å². The van der Waals surface area contributed by atoms with E-state index in [0.29, 0.717) is 23.1 Å². The van der Waals surface area contributed by atoms with E-state index in [9.17, 15) is 9.59 Å². The summed E-state index contributed by atoms with van der Waals surface area (Å²) in [5, 5.41) is 20.4. The van der Waals surface area contributed by atoms with Gasteiger partial charge in [-0.3, -0.25) is 9.59 Å². The molecule has 0 radical (unpaired) electrons. The van der Waals surface area contributed by atoms with E-state index in [1.165, 1.54) is 0 Å². The van der Waals surface area contributed by atoms with Gasteiger partial charge in [0, 0.05) is 6.07 Å². The number of hydrogen-bond acceptors (Lipinski definition) is 5. The minimum absolute atomic E-state index is 0.0243. The fourth-order valence-corrected chi connectivity index (χ4v) is 3.18. The van der Waals surface area contributed by atoms with Crippen molar-refractivity contribution in [3.8, 4) is 6.07 Å². The Labute approximate surface area is 145 Å². The molecule has 0 aliphatic heterocycles. The lowest BCUT2D eigenvalue weighted by molar-refractivity contribution is -0.117. The normalized spacial score (nSPS) is 14.4. The molecule has 8 heteroatoms.